The summed E-state index contributed by atoms with van der Waals surface area (Å²) in [5, 5.41) is 18.9. The van der Waals surface area contributed by atoms with Crippen molar-refractivity contribution in [2.45, 2.75) is 32.4 Å². The van der Waals surface area contributed by atoms with E-state index in [0.29, 0.717) is 40.8 Å². The number of imidazole rings is 1. The number of aromatic nitrogens is 5. The third-order valence-electron chi connectivity index (χ3n) is 6.54. The quantitative estimate of drug-likeness (QED) is 0.245. The predicted octanol–water partition coefficient (Wildman–Crippen LogP) is 6.32. The van der Waals surface area contributed by atoms with Crippen LogP contribution in [0.3, 0.4) is 0 Å². The zero-order valence-electron chi connectivity index (χ0n) is 21.5. The van der Waals surface area contributed by atoms with Crippen LogP contribution in [0.4, 0.5) is 23.0 Å². The van der Waals surface area contributed by atoms with Crippen LogP contribution in [-0.4, -0.2) is 38.2 Å². The Kier molecular flexibility index (Phi) is 6.79. The predicted molar refractivity (Wildman–Crippen MR) is 151 cm³/mol. The molecule has 5 heterocycles. The van der Waals surface area contributed by atoms with Gasteiger partial charge in [-0.2, -0.15) is 5.26 Å². The molecule has 1 aliphatic rings. The smallest absolute Gasteiger partial charge is 0.166 e. The molecule has 1 saturated heterocycles. The second kappa shape index (κ2) is 10.7. The lowest BCUT2D eigenvalue weighted by molar-refractivity contribution is -0.0308. The van der Waals surface area contributed by atoms with Crippen LogP contribution in [-0.2, 0) is 4.74 Å². The molecule has 0 radical (unpaired) electrons. The molecule has 4 aromatic heterocycles. The van der Waals surface area contributed by atoms with Crippen LogP contribution in [0.25, 0.3) is 21.7 Å². The molecule has 10 nitrogen and oxygen atoms in total. The van der Waals surface area contributed by atoms with Crippen molar-refractivity contribution in [2.24, 2.45) is 0 Å². The summed E-state index contributed by atoms with van der Waals surface area (Å²) in [6, 6.07) is 15.1. The zero-order chi connectivity index (χ0) is 26.8. The summed E-state index contributed by atoms with van der Waals surface area (Å²) in [5.74, 6) is 2.58. The summed E-state index contributed by atoms with van der Waals surface area (Å²) < 4.78 is 14.0. The third kappa shape index (κ3) is 4.87. The summed E-state index contributed by atoms with van der Waals surface area (Å²) in [6.45, 7) is 2.68. The highest BCUT2D eigenvalue weighted by molar-refractivity contribution is 7.13. The fourth-order valence-electron chi connectivity index (χ4n) is 4.83. The van der Waals surface area contributed by atoms with Crippen molar-refractivity contribution in [1.82, 2.24) is 24.5 Å². The van der Waals surface area contributed by atoms with E-state index in [-0.39, 0.29) is 6.23 Å². The summed E-state index contributed by atoms with van der Waals surface area (Å²) in [4.78, 5) is 18.7. The molecule has 39 heavy (non-hydrogen) atoms. The highest BCUT2D eigenvalue weighted by Crippen LogP contribution is 2.40. The lowest BCUT2D eigenvalue weighted by atomic mass is 10.1. The van der Waals surface area contributed by atoms with Crippen molar-refractivity contribution in [3.8, 4) is 22.4 Å². The van der Waals surface area contributed by atoms with Crippen LogP contribution >= 0.6 is 11.3 Å². The van der Waals surface area contributed by atoms with Gasteiger partial charge in [-0.3, -0.25) is 4.57 Å². The molecular weight excluding hydrogens is 512 g/mol. The molecule has 5 aromatic rings. The molecule has 11 heteroatoms. The fourth-order valence-corrected chi connectivity index (χ4v) is 5.49. The van der Waals surface area contributed by atoms with Gasteiger partial charge in [0.1, 0.15) is 46.0 Å². The van der Waals surface area contributed by atoms with Gasteiger partial charge < -0.3 is 20.1 Å². The first-order chi connectivity index (χ1) is 19.1. The molecule has 2 N–H and O–H groups in total. The van der Waals surface area contributed by atoms with E-state index in [2.05, 4.69) is 31.2 Å². The maximum Gasteiger partial charge on any atom is 0.166 e. The number of methoxy groups -OCH3 is 1. The Balaban J connectivity index is 1.48. The molecule has 1 aliphatic heterocycles. The van der Waals surface area contributed by atoms with Crippen LogP contribution in [0, 0.1) is 18.3 Å². The minimum atomic E-state index is -0.137. The number of thiazole rings is 1. The van der Waals surface area contributed by atoms with Crippen molar-refractivity contribution in [2.75, 3.05) is 24.4 Å². The summed E-state index contributed by atoms with van der Waals surface area (Å²) >= 11 is 1.55. The van der Waals surface area contributed by atoms with Gasteiger partial charge >= 0.3 is 0 Å². The van der Waals surface area contributed by atoms with E-state index in [1.165, 1.54) is 0 Å². The first-order valence-electron chi connectivity index (χ1n) is 12.6. The van der Waals surface area contributed by atoms with Gasteiger partial charge in [0, 0.05) is 24.3 Å². The molecule has 1 unspecified atom stereocenters. The van der Waals surface area contributed by atoms with E-state index in [1.807, 2.05) is 36.6 Å². The molecule has 0 bridgehead atoms. The van der Waals surface area contributed by atoms with Crippen molar-refractivity contribution < 1.29 is 9.47 Å². The largest absolute Gasteiger partial charge is 0.494 e. The van der Waals surface area contributed by atoms with Gasteiger partial charge in [-0.05, 0) is 50.5 Å². The number of para-hydroxylation sites is 1. The number of hydrogen-bond acceptors (Lipinski definition) is 10. The van der Waals surface area contributed by atoms with Crippen LogP contribution in [0.2, 0.25) is 0 Å². The van der Waals surface area contributed by atoms with Crippen LogP contribution in [0.1, 0.15) is 37.0 Å². The van der Waals surface area contributed by atoms with Gasteiger partial charge in [-0.15, -0.1) is 11.3 Å². The van der Waals surface area contributed by atoms with Crippen molar-refractivity contribution in [3.05, 3.63) is 65.6 Å². The number of rotatable bonds is 7. The Hall–Kier alpha value is -4.53. The van der Waals surface area contributed by atoms with E-state index in [0.717, 1.165) is 47.0 Å². The number of hydrogen-bond donors (Lipinski definition) is 2. The minimum Gasteiger partial charge on any atom is -0.494 e. The Labute approximate surface area is 229 Å². The monoisotopic (exact) mass is 538 g/mol. The Bertz CT molecular complexity index is 1670. The third-order valence-corrected chi connectivity index (χ3v) is 7.35. The topological polar surface area (TPSA) is 123 Å². The highest BCUT2D eigenvalue weighted by Gasteiger charge is 2.24. The Morgan fingerprint density at radius 2 is 1.97 bits per heavy atom. The van der Waals surface area contributed by atoms with Gasteiger partial charge in [-0.1, -0.05) is 12.1 Å². The summed E-state index contributed by atoms with van der Waals surface area (Å²) in [7, 11) is 1.65. The molecule has 196 valence electrons. The number of nitrogens with zero attached hydrogens (tertiary/aromatic N) is 6. The minimum absolute atomic E-state index is 0.137. The van der Waals surface area contributed by atoms with E-state index in [4.69, 9.17) is 19.4 Å². The molecule has 6 rings (SSSR count). The normalized spacial score (nSPS) is 15.2. The Morgan fingerprint density at radius 1 is 1.08 bits per heavy atom. The number of anilines is 4. The number of ether oxygens (including phenoxy) is 2. The molecule has 1 aromatic carbocycles. The van der Waals surface area contributed by atoms with Gasteiger partial charge in [0.2, 0.25) is 0 Å². The Morgan fingerprint density at radius 3 is 2.74 bits per heavy atom. The summed E-state index contributed by atoms with van der Waals surface area (Å²) in [5.41, 5.74) is 4.14. The molecule has 0 saturated carbocycles. The number of fused-ring (bicyclic) bond motifs is 1. The van der Waals surface area contributed by atoms with Crippen LogP contribution in [0.5, 0.6) is 5.75 Å². The highest BCUT2D eigenvalue weighted by atomic mass is 32.1. The van der Waals surface area contributed by atoms with E-state index < -0.39 is 0 Å². The maximum absolute atomic E-state index is 9.29. The lowest BCUT2D eigenvalue weighted by Gasteiger charge is -2.25. The molecule has 0 spiro atoms. The van der Waals surface area contributed by atoms with Crippen molar-refractivity contribution >= 4 is 45.5 Å². The first-order valence-corrected chi connectivity index (χ1v) is 13.5. The zero-order valence-corrected chi connectivity index (χ0v) is 22.3. The molecule has 0 aliphatic carbocycles. The van der Waals surface area contributed by atoms with Gasteiger partial charge in [0.25, 0.3) is 0 Å². The van der Waals surface area contributed by atoms with Crippen molar-refractivity contribution in [3.63, 3.8) is 0 Å². The maximum atomic E-state index is 9.29. The average molecular weight is 539 g/mol. The van der Waals surface area contributed by atoms with Gasteiger partial charge in [0.05, 0.1) is 24.0 Å². The lowest BCUT2D eigenvalue weighted by Crippen LogP contribution is -2.19. The fraction of sp³-hybridized carbons (Fsp3) is 0.250. The second-order valence-electron chi connectivity index (χ2n) is 9.07. The molecular formula is C28H26N8O2S. The number of nitrogens with one attached hydrogen (secondary N) is 2. The van der Waals surface area contributed by atoms with Crippen molar-refractivity contribution in [1.29, 1.82) is 5.26 Å². The number of aryl methyl sites for hydroxylation is 1. The van der Waals surface area contributed by atoms with Gasteiger partial charge in [-0.25, -0.2) is 19.9 Å². The molecule has 1 fully saturated rings. The SMILES string of the molecule is COc1c(Nc2cc(Nc3cccc(C#N)n3)nc3c2nc(C)n3C2CCCCO2)cccc1-c1nccs1. The van der Waals surface area contributed by atoms with Crippen LogP contribution < -0.4 is 15.4 Å². The molecule has 1 atom stereocenters. The number of pyridine rings is 2. The van der Waals surface area contributed by atoms with E-state index >= 15 is 0 Å². The second-order valence-corrected chi connectivity index (χ2v) is 9.97. The average Bonchev–Trinajstić information content (AvgIpc) is 3.61. The number of nitriles is 1. The van der Waals surface area contributed by atoms with Gasteiger partial charge in [0.15, 0.2) is 11.4 Å². The standard InChI is InChI=1S/C28H26N8O2S/c1-17-31-25-21(33-20-9-6-8-19(26(20)37-2)28-30-12-14-39-28)15-23(34-22-10-5-7-18(16-29)32-22)35-27(25)36(17)24-11-3-4-13-38-24/h5-10,12,14-15,24H,3-4,11,13H2,1-2H3,(H2,32,33,34,35). The van der Waals surface area contributed by atoms with E-state index in [9.17, 15) is 5.26 Å². The number of benzene rings is 1. The first kappa shape index (κ1) is 24.8. The summed E-state index contributed by atoms with van der Waals surface area (Å²) in [6.07, 6.45) is 4.66. The van der Waals surface area contributed by atoms with Crippen LogP contribution in [0.15, 0.2) is 54.0 Å². The molecule has 0 amide bonds. The van der Waals surface area contributed by atoms with E-state index in [1.54, 1.807) is 42.8 Å².